The Kier molecular flexibility index (Phi) is 10.9. The lowest BCUT2D eigenvalue weighted by molar-refractivity contribution is -0.139. The van der Waals surface area contributed by atoms with E-state index in [1.165, 1.54) is 6.21 Å². The van der Waals surface area contributed by atoms with Crippen molar-refractivity contribution in [2.24, 2.45) is 5.10 Å². The summed E-state index contributed by atoms with van der Waals surface area (Å²) in [5.41, 5.74) is 5.66. The highest BCUT2D eigenvalue weighted by atomic mass is 79.9. The number of esters is 1. The van der Waals surface area contributed by atoms with Gasteiger partial charge in [0.05, 0.1) is 28.9 Å². The van der Waals surface area contributed by atoms with Crippen molar-refractivity contribution in [1.82, 2.24) is 16.1 Å². The van der Waals surface area contributed by atoms with Crippen LogP contribution in [-0.4, -0.2) is 36.4 Å². The van der Waals surface area contributed by atoms with Gasteiger partial charge in [-0.3, -0.25) is 4.79 Å². The van der Waals surface area contributed by atoms with E-state index < -0.39 is 17.9 Å². The number of amides is 1. The van der Waals surface area contributed by atoms with Gasteiger partial charge in [0.1, 0.15) is 18.1 Å². The molecule has 0 unspecified atom stereocenters. The van der Waals surface area contributed by atoms with E-state index in [2.05, 4.69) is 37.1 Å². The van der Waals surface area contributed by atoms with E-state index in [9.17, 15) is 9.59 Å². The zero-order valence-electron chi connectivity index (χ0n) is 22.8. The Morgan fingerprint density at radius 3 is 2.62 bits per heavy atom. The lowest BCUT2D eigenvalue weighted by Gasteiger charge is -2.30. The summed E-state index contributed by atoms with van der Waals surface area (Å²) in [5, 5.41) is 11.1. The van der Waals surface area contributed by atoms with Gasteiger partial charge in [0.2, 0.25) is 0 Å². The SMILES string of the molecule is CCOC(=O)C1=C(C)NC(=S)N[C@@H]1c1ccccc1OCC(=O)NN=Cc1ccc(OCc2ccccc2Cl)c(Br)c1. The third kappa shape index (κ3) is 8.09. The number of hydrogen-bond donors (Lipinski definition) is 3. The first-order chi connectivity index (χ1) is 20.3. The van der Waals surface area contributed by atoms with Crippen molar-refractivity contribution in [2.75, 3.05) is 13.2 Å². The van der Waals surface area contributed by atoms with Crippen molar-refractivity contribution in [3.8, 4) is 11.5 Å². The van der Waals surface area contributed by atoms with E-state index >= 15 is 0 Å². The zero-order valence-corrected chi connectivity index (χ0v) is 25.9. The molecule has 3 aromatic carbocycles. The fraction of sp³-hybridized carbons (Fsp3) is 0.200. The maximum atomic E-state index is 12.7. The van der Waals surface area contributed by atoms with Gasteiger partial charge in [-0.1, -0.05) is 48.0 Å². The van der Waals surface area contributed by atoms with E-state index in [4.69, 9.17) is 38.0 Å². The fourth-order valence-corrected chi connectivity index (χ4v) is 5.07. The maximum absolute atomic E-state index is 12.7. The normalized spacial score (nSPS) is 14.7. The zero-order chi connectivity index (χ0) is 30.1. The second kappa shape index (κ2) is 14.8. The Hall–Kier alpha value is -3.93. The third-order valence-electron chi connectivity index (χ3n) is 6.05. The molecule has 0 spiro atoms. The van der Waals surface area contributed by atoms with Gasteiger partial charge in [0, 0.05) is 21.8 Å². The van der Waals surface area contributed by atoms with E-state index in [1.807, 2.05) is 42.5 Å². The molecule has 0 radical (unpaired) electrons. The van der Waals surface area contributed by atoms with Crippen molar-refractivity contribution in [2.45, 2.75) is 26.5 Å². The number of hydrazone groups is 1. The number of halogens is 2. The van der Waals surface area contributed by atoms with Gasteiger partial charge in [0.25, 0.3) is 5.91 Å². The van der Waals surface area contributed by atoms with Crippen LogP contribution in [0.5, 0.6) is 11.5 Å². The molecule has 0 aromatic heterocycles. The highest BCUT2D eigenvalue weighted by Crippen LogP contribution is 2.33. The lowest BCUT2D eigenvalue weighted by Crippen LogP contribution is -2.45. The molecule has 1 aliphatic heterocycles. The molecule has 9 nitrogen and oxygen atoms in total. The summed E-state index contributed by atoms with van der Waals surface area (Å²) in [7, 11) is 0. The van der Waals surface area contributed by atoms with Crippen molar-refractivity contribution >= 4 is 63.0 Å². The molecule has 0 aliphatic carbocycles. The number of hydrogen-bond acceptors (Lipinski definition) is 7. The van der Waals surface area contributed by atoms with Crippen LogP contribution >= 0.6 is 39.7 Å². The highest BCUT2D eigenvalue weighted by molar-refractivity contribution is 9.10. The Morgan fingerprint density at radius 2 is 1.86 bits per heavy atom. The first kappa shape index (κ1) is 31.0. The summed E-state index contributed by atoms with van der Waals surface area (Å²) in [5.74, 6) is 0.107. The number of nitrogens with zero attached hydrogens (tertiary/aromatic N) is 1. The summed E-state index contributed by atoms with van der Waals surface area (Å²) in [4.78, 5) is 25.2. The van der Waals surface area contributed by atoms with E-state index in [0.717, 1.165) is 15.6 Å². The first-order valence-electron chi connectivity index (χ1n) is 12.9. The van der Waals surface area contributed by atoms with Crippen LogP contribution in [0.25, 0.3) is 0 Å². The van der Waals surface area contributed by atoms with Crippen molar-refractivity contribution in [3.05, 3.63) is 104 Å². The van der Waals surface area contributed by atoms with Gasteiger partial charge < -0.3 is 24.8 Å². The molecule has 0 bridgehead atoms. The van der Waals surface area contributed by atoms with Crippen molar-refractivity contribution in [1.29, 1.82) is 0 Å². The standard InChI is InChI=1S/C30H28BrClN4O5S/c1-3-39-29(38)27-18(2)34-30(42)35-28(27)21-9-5-7-11-24(21)41-17-26(37)36-33-15-19-12-13-25(22(31)14-19)40-16-20-8-4-6-10-23(20)32/h4-15,28H,3,16-17H2,1-2H3,(H,36,37)(H2,34,35,42)/t28-/m1/s1. The maximum Gasteiger partial charge on any atom is 0.338 e. The molecule has 218 valence electrons. The van der Waals surface area contributed by atoms with Gasteiger partial charge in [-0.05, 0) is 77.9 Å². The Morgan fingerprint density at radius 1 is 1.10 bits per heavy atom. The molecule has 0 saturated carbocycles. The fourth-order valence-electron chi connectivity index (χ4n) is 4.10. The van der Waals surface area contributed by atoms with Gasteiger partial charge in [-0.2, -0.15) is 5.10 Å². The summed E-state index contributed by atoms with van der Waals surface area (Å²) < 4.78 is 17.7. The number of carbonyl (C=O) groups is 2. The molecular formula is C30H28BrClN4O5S. The van der Waals surface area contributed by atoms with E-state index in [-0.39, 0.29) is 13.2 Å². The first-order valence-corrected chi connectivity index (χ1v) is 14.5. The smallest absolute Gasteiger partial charge is 0.338 e. The third-order valence-corrected chi connectivity index (χ3v) is 7.26. The van der Waals surface area contributed by atoms with Crippen LogP contribution in [0.1, 0.15) is 36.6 Å². The molecular weight excluding hydrogens is 644 g/mol. The largest absolute Gasteiger partial charge is 0.488 e. The summed E-state index contributed by atoms with van der Waals surface area (Å²) in [6, 6.07) is 19.4. The quantitative estimate of drug-likeness (QED) is 0.105. The molecule has 4 rings (SSSR count). The number of para-hydroxylation sites is 1. The second-order valence-corrected chi connectivity index (χ2v) is 10.7. The Balaban J connectivity index is 1.35. The minimum atomic E-state index is -0.620. The molecule has 1 atom stereocenters. The number of ether oxygens (including phenoxy) is 3. The van der Waals surface area contributed by atoms with Crippen LogP contribution in [0.15, 0.2) is 87.6 Å². The van der Waals surface area contributed by atoms with Crippen LogP contribution < -0.4 is 25.5 Å². The molecule has 1 aliphatic rings. The minimum absolute atomic E-state index is 0.226. The molecule has 3 aromatic rings. The topological polar surface area (TPSA) is 110 Å². The molecule has 0 fully saturated rings. The van der Waals surface area contributed by atoms with Crippen molar-refractivity contribution < 1.29 is 23.8 Å². The van der Waals surface area contributed by atoms with Crippen LogP contribution in [0.3, 0.4) is 0 Å². The molecule has 1 heterocycles. The highest BCUT2D eigenvalue weighted by Gasteiger charge is 2.32. The Labute approximate surface area is 262 Å². The average molecular weight is 672 g/mol. The van der Waals surface area contributed by atoms with Gasteiger partial charge in [-0.25, -0.2) is 10.2 Å². The molecule has 1 amide bonds. The average Bonchev–Trinajstić information content (AvgIpc) is 2.96. The lowest BCUT2D eigenvalue weighted by atomic mass is 9.95. The van der Waals surface area contributed by atoms with Gasteiger partial charge in [0.15, 0.2) is 11.7 Å². The predicted octanol–water partition coefficient (Wildman–Crippen LogP) is 5.57. The number of rotatable bonds is 11. The van der Waals surface area contributed by atoms with Crippen LogP contribution in [-0.2, 0) is 20.9 Å². The van der Waals surface area contributed by atoms with Crippen LogP contribution in [0.4, 0.5) is 0 Å². The molecule has 42 heavy (non-hydrogen) atoms. The van der Waals surface area contributed by atoms with Crippen molar-refractivity contribution in [3.63, 3.8) is 0 Å². The van der Waals surface area contributed by atoms with Crippen LogP contribution in [0, 0.1) is 0 Å². The second-order valence-electron chi connectivity index (χ2n) is 8.98. The van der Waals surface area contributed by atoms with Crippen LogP contribution in [0.2, 0.25) is 5.02 Å². The van der Waals surface area contributed by atoms with Gasteiger partial charge >= 0.3 is 5.97 Å². The number of benzene rings is 3. The van der Waals surface area contributed by atoms with E-state index in [1.54, 1.807) is 38.1 Å². The molecule has 0 saturated heterocycles. The number of carbonyl (C=O) groups excluding carboxylic acids is 2. The summed E-state index contributed by atoms with van der Waals surface area (Å²) >= 11 is 15.0. The monoisotopic (exact) mass is 670 g/mol. The number of thiocarbonyl (C=S) groups is 1. The molecule has 3 N–H and O–H groups in total. The van der Waals surface area contributed by atoms with E-state index in [0.29, 0.717) is 45.1 Å². The summed E-state index contributed by atoms with van der Waals surface area (Å²) in [6.45, 7) is 3.73. The molecule has 12 heteroatoms. The minimum Gasteiger partial charge on any atom is -0.488 e. The number of nitrogens with one attached hydrogen (secondary N) is 3. The predicted molar refractivity (Wildman–Crippen MR) is 169 cm³/mol. The number of allylic oxidation sites excluding steroid dienone is 1. The summed E-state index contributed by atoms with van der Waals surface area (Å²) in [6.07, 6.45) is 1.51. The Bertz CT molecular complexity index is 1550. The van der Waals surface area contributed by atoms with Gasteiger partial charge in [-0.15, -0.1) is 0 Å².